The first kappa shape index (κ1) is 13.4. The van der Waals surface area contributed by atoms with Crippen molar-refractivity contribution in [2.45, 2.75) is 13.0 Å². The molecule has 1 aromatic carbocycles. The van der Waals surface area contributed by atoms with Gasteiger partial charge in [0.15, 0.2) is 5.75 Å². The molecule has 2 rings (SSSR count). The van der Waals surface area contributed by atoms with E-state index in [2.05, 4.69) is 10.3 Å². The molecule has 0 aliphatic heterocycles. The number of hydrogen-bond donors (Lipinski definition) is 2. The van der Waals surface area contributed by atoms with Crippen molar-refractivity contribution in [3.8, 4) is 5.75 Å². The maximum absolute atomic E-state index is 6.15. The van der Waals surface area contributed by atoms with Crippen LogP contribution in [0.15, 0.2) is 42.6 Å². The highest BCUT2D eigenvalue weighted by Gasteiger charge is 2.08. The van der Waals surface area contributed by atoms with Gasteiger partial charge >= 0.3 is 0 Å². The number of pyridine rings is 1. The Hall–Kier alpha value is -2.07. The standard InChI is InChI=1S/C15H19N3O/c1-11-8-14(15(19-2)10-17-11)18-9-13(16)12-6-4-3-5-7-12/h3-8,10,13H,9,16H2,1-2H3,(H,17,18). The number of aromatic nitrogens is 1. The van der Waals surface area contributed by atoms with E-state index in [9.17, 15) is 0 Å². The lowest BCUT2D eigenvalue weighted by Crippen LogP contribution is -2.20. The number of nitrogens with two attached hydrogens (primary N) is 1. The Morgan fingerprint density at radius 3 is 2.74 bits per heavy atom. The zero-order chi connectivity index (χ0) is 13.7. The fraction of sp³-hybridized carbons (Fsp3) is 0.267. The number of rotatable bonds is 5. The molecule has 0 radical (unpaired) electrons. The molecule has 0 amide bonds. The van der Waals surface area contributed by atoms with Crippen LogP contribution in [0.3, 0.4) is 0 Å². The smallest absolute Gasteiger partial charge is 0.160 e. The Labute approximate surface area is 113 Å². The van der Waals surface area contributed by atoms with Crippen molar-refractivity contribution in [2.75, 3.05) is 19.0 Å². The molecule has 0 saturated heterocycles. The van der Waals surface area contributed by atoms with Crippen molar-refractivity contribution in [3.05, 3.63) is 53.9 Å². The maximum Gasteiger partial charge on any atom is 0.160 e. The van der Waals surface area contributed by atoms with Gasteiger partial charge < -0.3 is 15.8 Å². The summed E-state index contributed by atoms with van der Waals surface area (Å²) in [7, 11) is 1.63. The first-order valence-corrected chi connectivity index (χ1v) is 6.25. The van der Waals surface area contributed by atoms with Crippen molar-refractivity contribution in [1.29, 1.82) is 0 Å². The summed E-state index contributed by atoms with van der Waals surface area (Å²) in [5, 5.41) is 3.31. The van der Waals surface area contributed by atoms with Crippen molar-refractivity contribution in [1.82, 2.24) is 4.98 Å². The molecule has 1 unspecified atom stereocenters. The highest BCUT2D eigenvalue weighted by atomic mass is 16.5. The molecule has 0 aliphatic carbocycles. The van der Waals surface area contributed by atoms with Crippen molar-refractivity contribution < 1.29 is 4.74 Å². The minimum Gasteiger partial charge on any atom is -0.493 e. The minimum absolute atomic E-state index is 0.0561. The van der Waals surface area contributed by atoms with Crippen LogP contribution in [0.2, 0.25) is 0 Å². The third-order valence-corrected chi connectivity index (χ3v) is 2.96. The maximum atomic E-state index is 6.15. The fourth-order valence-corrected chi connectivity index (χ4v) is 1.89. The van der Waals surface area contributed by atoms with Gasteiger partial charge in [-0.25, -0.2) is 0 Å². The molecule has 0 aliphatic rings. The monoisotopic (exact) mass is 257 g/mol. The Balaban J connectivity index is 2.04. The molecule has 3 N–H and O–H groups in total. The largest absolute Gasteiger partial charge is 0.493 e. The Morgan fingerprint density at radius 1 is 1.32 bits per heavy atom. The van der Waals surface area contributed by atoms with E-state index in [1.54, 1.807) is 13.3 Å². The Morgan fingerprint density at radius 2 is 2.05 bits per heavy atom. The summed E-state index contributed by atoms with van der Waals surface area (Å²) in [5.41, 5.74) is 9.12. The summed E-state index contributed by atoms with van der Waals surface area (Å²) in [6.45, 7) is 2.59. The van der Waals surface area contributed by atoms with E-state index < -0.39 is 0 Å². The summed E-state index contributed by atoms with van der Waals surface area (Å²) in [6, 6.07) is 11.9. The van der Waals surface area contributed by atoms with Gasteiger partial charge in [-0.05, 0) is 18.6 Å². The number of aryl methyl sites for hydroxylation is 1. The minimum atomic E-state index is -0.0561. The molecular weight excluding hydrogens is 238 g/mol. The van der Waals surface area contributed by atoms with Crippen LogP contribution in [-0.4, -0.2) is 18.6 Å². The first-order valence-electron chi connectivity index (χ1n) is 6.25. The summed E-state index contributed by atoms with van der Waals surface area (Å²) >= 11 is 0. The summed E-state index contributed by atoms with van der Waals surface area (Å²) < 4.78 is 5.27. The second kappa shape index (κ2) is 6.20. The third-order valence-electron chi connectivity index (χ3n) is 2.96. The van der Waals surface area contributed by atoms with Gasteiger partial charge in [0.1, 0.15) is 0 Å². The number of nitrogens with zero attached hydrogens (tertiary/aromatic N) is 1. The zero-order valence-electron chi connectivity index (χ0n) is 11.3. The lowest BCUT2D eigenvalue weighted by atomic mass is 10.1. The SMILES string of the molecule is COc1cnc(C)cc1NCC(N)c1ccccc1. The normalized spacial score (nSPS) is 11.9. The van der Waals surface area contributed by atoms with E-state index in [1.165, 1.54) is 0 Å². The molecule has 1 atom stereocenters. The highest BCUT2D eigenvalue weighted by Crippen LogP contribution is 2.24. The number of benzene rings is 1. The zero-order valence-corrected chi connectivity index (χ0v) is 11.3. The molecule has 0 fully saturated rings. The average Bonchev–Trinajstić information content (AvgIpc) is 2.46. The van der Waals surface area contributed by atoms with Gasteiger partial charge in [-0.3, -0.25) is 4.98 Å². The Bertz CT molecular complexity index is 528. The molecular formula is C15H19N3O. The third kappa shape index (κ3) is 3.45. The quantitative estimate of drug-likeness (QED) is 0.864. The number of anilines is 1. The van der Waals surface area contributed by atoms with E-state index in [-0.39, 0.29) is 6.04 Å². The van der Waals surface area contributed by atoms with E-state index >= 15 is 0 Å². The lowest BCUT2D eigenvalue weighted by molar-refractivity contribution is 0.414. The van der Waals surface area contributed by atoms with Gasteiger partial charge in [0.2, 0.25) is 0 Å². The van der Waals surface area contributed by atoms with Gasteiger partial charge in [-0.15, -0.1) is 0 Å². The van der Waals surface area contributed by atoms with Crippen LogP contribution in [0.5, 0.6) is 5.75 Å². The van der Waals surface area contributed by atoms with Gasteiger partial charge in [-0.2, -0.15) is 0 Å². The molecule has 0 saturated carbocycles. The van der Waals surface area contributed by atoms with E-state index in [4.69, 9.17) is 10.5 Å². The van der Waals surface area contributed by atoms with Crippen LogP contribution in [0, 0.1) is 6.92 Å². The van der Waals surface area contributed by atoms with Gasteiger partial charge in [-0.1, -0.05) is 30.3 Å². The molecule has 4 heteroatoms. The molecule has 19 heavy (non-hydrogen) atoms. The van der Waals surface area contributed by atoms with Crippen LogP contribution >= 0.6 is 0 Å². The average molecular weight is 257 g/mol. The van der Waals surface area contributed by atoms with Gasteiger partial charge in [0.25, 0.3) is 0 Å². The van der Waals surface area contributed by atoms with Crippen LogP contribution in [0.1, 0.15) is 17.3 Å². The summed E-state index contributed by atoms with van der Waals surface area (Å²) in [6.07, 6.45) is 1.71. The van der Waals surface area contributed by atoms with Crippen molar-refractivity contribution >= 4 is 5.69 Å². The van der Waals surface area contributed by atoms with E-state index in [0.717, 1.165) is 22.7 Å². The molecule has 0 bridgehead atoms. The topological polar surface area (TPSA) is 60.2 Å². The van der Waals surface area contributed by atoms with Crippen LogP contribution < -0.4 is 15.8 Å². The van der Waals surface area contributed by atoms with Crippen molar-refractivity contribution in [3.63, 3.8) is 0 Å². The van der Waals surface area contributed by atoms with Gasteiger partial charge in [0.05, 0.1) is 19.0 Å². The highest BCUT2D eigenvalue weighted by molar-refractivity contribution is 5.56. The molecule has 0 spiro atoms. The number of nitrogens with one attached hydrogen (secondary N) is 1. The lowest BCUT2D eigenvalue weighted by Gasteiger charge is -2.16. The number of hydrogen-bond acceptors (Lipinski definition) is 4. The second-order valence-corrected chi connectivity index (χ2v) is 4.42. The molecule has 1 heterocycles. The van der Waals surface area contributed by atoms with Crippen LogP contribution in [0.25, 0.3) is 0 Å². The summed E-state index contributed by atoms with van der Waals surface area (Å²) in [4.78, 5) is 4.20. The van der Waals surface area contributed by atoms with Crippen LogP contribution in [-0.2, 0) is 0 Å². The van der Waals surface area contributed by atoms with Crippen molar-refractivity contribution in [2.24, 2.45) is 5.73 Å². The van der Waals surface area contributed by atoms with Crippen LogP contribution in [0.4, 0.5) is 5.69 Å². The van der Waals surface area contributed by atoms with E-state index in [0.29, 0.717) is 6.54 Å². The predicted molar refractivity (Wildman–Crippen MR) is 77.4 cm³/mol. The molecule has 100 valence electrons. The molecule has 2 aromatic rings. The predicted octanol–water partition coefficient (Wildman–Crippen LogP) is 2.51. The fourth-order valence-electron chi connectivity index (χ4n) is 1.89. The first-order chi connectivity index (χ1) is 9.20. The van der Waals surface area contributed by atoms with Gasteiger partial charge in [0, 0.05) is 18.3 Å². The molecule has 1 aromatic heterocycles. The number of methoxy groups -OCH3 is 1. The molecule has 4 nitrogen and oxygen atoms in total. The van der Waals surface area contributed by atoms with E-state index in [1.807, 2.05) is 43.3 Å². The second-order valence-electron chi connectivity index (χ2n) is 4.42. The Kier molecular flexibility index (Phi) is 4.36. The summed E-state index contributed by atoms with van der Waals surface area (Å²) in [5.74, 6) is 0.728. The number of ether oxygens (including phenoxy) is 1.